The van der Waals surface area contributed by atoms with Gasteiger partial charge < -0.3 is 10.2 Å². The van der Waals surface area contributed by atoms with Gasteiger partial charge in [0.1, 0.15) is 16.9 Å². The third-order valence-corrected chi connectivity index (χ3v) is 6.72. The highest BCUT2D eigenvalue weighted by atomic mass is 32.2. The molecule has 8 heteroatoms. The molecule has 1 atom stereocenters. The summed E-state index contributed by atoms with van der Waals surface area (Å²) in [5.41, 5.74) is 2.26. The summed E-state index contributed by atoms with van der Waals surface area (Å²) in [5.74, 6) is -0.0384. The van der Waals surface area contributed by atoms with Crippen LogP contribution in [0.1, 0.15) is 16.1 Å². The van der Waals surface area contributed by atoms with Crippen LogP contribution < -0.4 is 5.32 Å². The van der Waals surface area contributed by atoms with Gasteiger partial charge in [-0.3, -0.25) is 9.59 Å². The molecule has 1 N–H and O–H groups in total. The molecule has 1 saturated heterocycles. The monoisotopic (exact) mass is 441 g/mol. The van der Waals surface area contributed by atoms with Crippen molar-refractivity contribution in [1.29, 1.82) is 0 Å². The van der Waals surface area contributed by atoms with E-state index < -0.39 is 11.9 Å². The summed E-state index contributed by atoms with van der Waals surface area (Å²) in [5, 5.41) is 5.87. The van der Waals surface area contributed by atoms with Gasteiger partial charge in [-0.2, -0.15) is 0 Å². The average Bonchev–Trinajstić information content (AvgIpc) is 3.44. The lowest BCUT2D eigenvalue weighted by Crippen LogP contribution is -2.47. The van der Waals surface area contributed by atoms with Crippen LogP contribution in [-0.4, -0.2) is 45.9 Å². The number of hydrogen-bond acceptors (Lipinski definition) is 5. The minimum atomic E-state index is -0.555. The van der Waals surface area contributed by atoms with E-state index in [9.17, 15) is 14.0 Å². The van der Waals surface area contributed by atoms with Gasteiger partial charge in [0.15, 0.2) is 0 Å². The summed E-state index contributed by atoms with van der Waals surface area (Å²) in [7, 11) is 0. The van der Waals surface area contributed by atoms with Crippen LogP contribution in [0, 0.1) is 5.82 Å². The standard InChI is InChI=1S/C22H20FN3O2S2/c23-17-8-4-7-16(11-17)22(28)26-14-29-13-19(26)20(27)24-10-9-18-12-30-21(25-18)15-5-2-1-3-6-15/h1-8,11-12,19H,9-10,13-14H2,(H,24,27). The largest absolute Gasteiger partial charge is 0.354 e. The number of hydrogen-bond donors (Lipinski definition) is 1. The van der Waals surface area contributed by atoms with E-state index in [1.165, 1.54) is 34.9 Å². The minimum absolute atomic E-state index is 0.191. The van der Waals surface area contributed by atoms with Crippen molar-refractivity contribution in [3.8, 4) is 10.6 Å². The molecule has 0 bridgehead atoms. The fourth-order valence-electron chi connectivity index (χ4n) is 3.21. The fraction of sp³-hybridized carbons (Fsp3) is 0.227. The van der Waals surface area contributed by atoms with Gasteiger partial charge in [0.05, 0.1) is 11.6 Å². The molecule has 3 aromatic rings. The maximum absolute atomic E-state index is 13.4. The molecule has 2 heterocycles. The Morgan fingerprint density at radius 1 is 1.17 bits per heavy atom. The third-order valence-electron chi connectivity index (χ3n) is 4.77. The molecule has 154 valence electrons. The lowest BCUT2D eigenvalue weighted by atomic mass is 10.1. The second-order valence-electron chi connectivity index (χ2n) is 6.85. The molecule has 1 unspecified atom stereocenters. The van der Waals surface area contributed by atoms with Gasteiger partial charge >= 0.3 is 0 Å². The number of thiazole rings is 1. The lowest BCUT2D eigenvalue weighted by Gasteiger charge is -2.23. The van der Waals surface area contributed by atoms with Crippen molar-refractivity contribution in [1.82, 2.24) is 15.2 Å². The third kappa shape index (κ3) is 4.71. The van der Waals surface area contributed by atoms with Crippen molar-refractivity contribution in [3.63, 3.8) is 0 Å². The molecule has 5 nitrogen and oxygen atoms in total. The van der Waals surface area contributed by atoms with Crippen LogP contribution in [0.2, 0.25) is 0 Å². The normalized spacial score (nSPS) is 15.9. The van der Waals surface area contributed by atoms with Gasteiger partial charge in [-0.25, -0.2) is 9.37 Å². The molecule has 4 rings (SSSR count). The zero-order valence-corrected chi connectivity index (χ0v) is 17.7. The highest BCUT2D eigenvalue weighted by molar-refractivity contribution is 7.99. The maximum Gasteiger partial charge on any atom is 0.255 e. The summed E-state index contributed by atoms with van der Waals surface area (Å²) in [6.07, 6.45) is 0.618. The van der Waals surface area contributed by atoms with Crippen molar-refractivity contribution in [2.45, 2.75) is 12.5 Å². The van der Waals surface area contributed by atoms with Crippen molar-refractivity contribution in [2.75, 3.05) is 18.2 Å². The fourth-order valence-corrected chi connectivity index (χ4v) is 5.23. The number of carbonyl (C=O) groups is 2. The molecule has 2 aromatic carbocycles. The Kier molecular flexibility index (Phi) is 6.44. The lowest BCUT2D eigenvalue weighted by molar-refractivity contribution is -0.124. The zero-order chi connectivity index (χ0) is 20.9. The smallest absolute Gasteiger partial charge is 0.255 e. The van der Waals surface area contributed by atoms with E-state index in [-0.39, 0.29) is 17.4 Å². The Hall–Kier alpha value is -2.71. The Balaban J connectivity index is 1.32. The van der Waals surface area contributed by atoms with E-state index in [1.54, 1.807) is 17.4 Å². The van der Waals surface area contributed by atoms with Crippen LogP contribution in [0.4, 0.5) is 4.39 Å². The molecular weight excluding hydrogens is 421 g/mol. The van der Waals surface area contributed by atoms with Gasteiger partial charge in [-0.05, 0) is 18.2 Å². The number of halogens is 1. The van der Waals surface area contributed by atoms with Crippen LogP contribution in [0.5, 0.6) is 0 Å². The Bertz CT molecular complexity index is 1040. The summed E-state index contributed by atoms with van der Waals surface area (Å²) in [6.45, 7) is 0.444. The number of thioether (sulfide) groups is 1. The van der Waals surface area contributed by atoms with Crippen LogP contribution >= 0.6 is 23.1 Å². The van der Waals surface area contributed by atoms with E-state index >= 15 is 0 Å². The molecule has 30 heavy (non-hydrogen) atoms. The molecular formula is C22H20FN3O2S2. The van der Waals surface area contributed by atoms with E-state index in [1.807, 2.05) is 35.7 Å². The van der Waals surface area contributed by atoms with Gasteiger partial charge in [-0.15, -0.1) is 23.1 Å². The van der Waals surface area contributed by atoms with Crippen LogP contribution in [-0.2, 0) is 11.2 Å². The first-order valence-corrected chi connectivity index (χ1v) is 11.6. The maximum atomic E-state index is 13.4. The topological polar surface area (TPSA) is 62.3 Å². The van der Waals surface area contributed by atoms with Gasteiger partial charge in [0.2, 0.25) is 5.91 Å². The summed E-state index contributed by atoms with van der Waals surface area (Å²) in [4.78, 5) is 31.5. The number of nitrogens with one attached hydrogen (secondary N) is 1. The molecule has 2 amide bonds. The van der Waals surface area contributed by atoms with Crippen molar-refractivity contribution in [2.24, 2.45) is 0 Å². The predicted octanol–water partition coefficient (Wildman–Crippen LogP) is 3.82. The molecule has 1 aromatic heterocycles. The Labute approximate surface area is 182 Å². The second-order valence-corrected chi connectivity index (χ2v) is 8.71. The van der Waals surface area contributed by atoms with E-state index in [0.717, 1.165) is 16.3 Å². The molecule has 0 aliphatic carbocycles. The summed E-state index contributed by atoms with van der Waals surface area (Å²) in [6, 6.07) is 15.0. The summed E-state index contributed by atoms with van der Waals surface area (Å²) >= 11 is 3.10. The van der Waals surface area contributed by atoms with Crippen molar-refractivity contribution < 1.29 is 14.0 Å². The SMILES string of the molecule is O=C(NCCc1csc(-c2ccccc2)n1)C1CSCN1C(=O)c1cccc(F)c1. The number of carbonyl (C=O) groups excluding carboxylic acids is 2. The molecule has 1 aliphatic rings. The Morgan fingerprint density at radius 3 is 2.80 bits per heavy atom. The average molecular weight is 442 g/mol. The number of amides is 2. The van der Waals surface area contributed by atoms with Crippen molar-refractivity contribution in [3.05, 3.63) is 77.1 Å². The second kappa shape index (κ2) is 9.40. The number of aromatic nitrogens is 1. The first-order chi connectivity index (χ1) is 14.6. The first kappa shape index (κ1) is 20.6. The highest BCUT2D eigenvalue weighted by Crippen LogP contribution is 2.25. The van der Waals surface area contributed by atoms with E-state index in [4.69, 9.17) is 0 Å². The quantitative estimate of drug-likeness (QED) is 0.632. The molecule has 0 saturated carbocycles. The minimum Gasteiger partial charge on any atom is -0.354 e. The zero-order valence-electron chi connectivity index (χ0n) is 16.1. The number of rotatable bonds is 6. The molecule has 0 spiro atoms. The molecule has 0 radical (unpaired) electrons. The number of benzene rings is 2. The highest BCUT2D eigenvalue weighted by Gasteiger charge is 2.35. The van der Waals surface area contributed by atoms with Crippen molar-refractivity contribution >= 4 is 34.9 Å². The Morgan fingerprint density at radius 2 is 2.00 bits per heavy atom. The van der Waals surface area contributed by atoms with Gasteiger partial charge in [0, 0.05) is 35.2 Å². The van der Waals surface area contributed by atoms with Crippen LogP contribution in [0.3, 0.4) is 0 Å². The van der Waals surface area contributed by atoms with E-state index in [0.29, 0.717) is 24.6 Å². The summed E-state index contributed by atoms with van der Waals surface area (Å²) < 4.78 is 13.4. The molecule has 1 aliphatic heterocycles. The van der Waals surface area contributed by atoms with Gasteiger partial charge in [-0.1, -0.05) is 36.4 Å². The van der Waals surface area contributed by atoms with Gasteiger partial charge in [0.25, 0.3) is 5.91 Å². The first-order valence-electron chi connectivity index (χ1n) is 9.53. The van der Waals surface area contributed by atoms with Crippen LogP contribution in [0.15, 0.2) is 60.0 Å². The number of nitrogens with zero attached hydrogens (tertiary/aromatic N) is 2. The van der Waals surface area contributed by atoms with E-state index in [2.05, 4.69) is 10.3 Å². The predicted molar refractivity (Wildman–Crippen MR) is 118 cm³/mol. The van der Waals surface area contributed by atoms with Crippen LogP contribution in [0.25, 0.3) is 10.6 Å². The molecule has 1 fully saturated rings.